The van der Waals surface area contributed by atoms with Gasteiger partial charge in [-0.25, -0.2) is 4.57 Å². The largest absolute Gasteiger partial charge is 0.472 e. The molecule has 27 heavy (non-hydrogen) atoms. The molecule has 1 unspecified atom stereocenters. The summed E-state index contributed by atoms with van der Waals surface area (Å²) < 4.78 is 31.2. The van der Waals surface area contributed by atoms with Crippen LogP contribution >= 0.6 is 7.82 Å². The van der Waals surface area contributed by atoms with Crippen molar-refractivity contribution in [3.8, 4) is 0 Å². The molecule has 0 amide bonds. The van der Waals surface area contributed by atoms with Crippen molar-refractivity contribution in [2.45, 2.75) is 71.3 Å². The van der Waals surface area contributed by atoms with Crippen LogP contribution in [-0.4, -0.2) is 54.5 Å². The van der Waals surface area contributed by atoms with Crippen molar-refractivity contribution in [2.24, 2.45) is 0 Å². The van der Waals surface area contributed by atoms with E-state index in [1.54, 1.807) is 0 Å². The maximum absolute atomic E-state index is 11.9. The van der Waals surface area contributed by atoms with Crippen LogP contribution in [0.1, 0.15) is 65.2 Å². The molecule has 2 N–H and O–H groups in total. The fourth-order valence-electron chi connectivity index (χ4n) is 2.03. The molecule has 0 radical (unpaired) electrons. The van der Waals surface area contributed by atoms with E-state index in [1.807, 2.05) is 13.8 Å². The fourth-order valence-corrected chi connectivity index (χ4v) is 2.77. The summed E-state index contributed by atoms with van der Waals surface area (Å²) in [5, 5.41) is 8.62. The van der Waals surface area contributed by atoms with E-state index in [4.69, 9.17) is 19.1 Å². The third-order valence-corrected chi connectivity index (χ3v) is 4.45. The first-order valence-corrected chi connectivity index (χ1v) is 10.9. The molecule has 0 aliphatic heterocycles. The third-order valence-electron chi connectivity index (χ3n) is 3.47. The lowest BCUT2D eigenvalue weighted by Gasteiger charge is -2.19. The minimum absolute atomic E-state index is 0.201. The third kappa shape index (κ3) is 15.7. The predicted octanol–water partition coefficient (Wildman–Crippen LogP) is 2.73. The second-order valence-electron chi connectivity index (χ2n) is 6.03. The molecular formula is C17H33O9P. The Balaban J connectivity index is 4.53. The van der Waals surface area contributed by atoms with Gasteiger partial charge >= 0.3 is 19.8 Å². The first kappa shape index (κ1) is 26.0. The van der Waals surface area contributed by atoms with Gasteiger partial charge in [0.1, 0.15) is 6.61 Å². The number of ether oxygens (including phenoxy) is 2. The van der Waals surface area contributed by atoms with Gasteiger partial charge in [-0.2, -0.15) is 0 Å². The number of hydrogen-bond acceptors (Lipinski definition) is 8. The lowest BCUT2D eigenvalue weighted by atomic mass is 10.2. The van der Waals surface area contributed by atoms with Gasteiger partial charge in [-0.3, -0.25) is 18.6 Å². The van der Waals surface area contributed by atoms with Crippen molar-refractivity contribution in [1.82, 2.24) is 0 Å². The second-order valence-corrected chi connectivity index (χ2v) is 7.48. The molecule has 0 heterocycles. The summed E-state index contributed by atoms with van der Waals surface area (Å²) in [4.78, 5) is 33.0. The Kier molecular flexibility index (Phi) is 15.4. The summed E-state index contributed by atoms with van der Waals surface area (Å²) in [5.41, 5.74) is 0. The van der Waals surface area contributed by atoms with E-state index in [0.717, 1.165) is 25.7 Å². The number of hydrogen-bond donors (Lipinski definition) is 2. The minimum Gasteiger partial charge on any atom is -0.462 e. The normalized spacial score (nSPS) is 14.4. The van der Waals surface area contributed by atoms with Crippen molar-refractivity contribution < 1.29 is 42.7 Å². The molecule has 0 bridgehead atoms. The molecule has 0 aliphatic rings. The monoisotopic (exact) mass is 412 g/mol. The Morgan fingerprint density at radius 3 is 2.07 bits per heavy atom. The van der Waals surface area contributed by atoms with Crippen LogP contribution in [0.15, 0.2) is 0 Å². The van der Waals surface area contributed by atoms with E-state index in [-0.39, 0.29) is 26.1 Å². The molecule has 0 rings (SSSR count). The van der Waals surface area contributed by atoms with Gasteiger partial charge in [0.15, 0.2) is 6.10 Å². The zero-order valence-electron chi connectivity index (χ0n) is 16.3. The maximum Gasteiger partial charge on any atom is 0.472 e. The van der Waals surface area contributed by atoms with Crippen LogP contribution < -0.4 is 0 Å². The van der Waals surface area contributed by atoms with Crippen LogP contribution in [0.5, 0.6) is 0 Å². The Morgan fingerprint density at radius 2 is 1.52 bits per heavy atom. The molecule has 0 aliphatic carbocycles. The van der Waals surface area contributed by atoms with Gasteiger partial charge in [0, 0.05) is 12.8 Å². The van der Waals surface area contributed by atoms with Gasteiger partial charge in [0.05, 0.1) is 19.8 Å². The number of carbonyl (C=O) groups is 2. The number of phosphoric ester groups is 1. The van der Waals surface area contributed by atoms with Crippen LogP contribution in [0.3, 0.4) is 0 Å². The molecular weight excluding hydrogens is 379 g/mol. The molecule has 2 atom stereocenters. The standard InChI is InChI=1S/C17H33O9P/c1-3-5-7-9-16(19)23-13-15(26-17(20)10-8-6-4-2)14-25-27(21,22)24-12-11-18/h15,18H,3-14H2,1-2H3,(H,21,22)/t15-/m1/s1. The lowest BCUT2D eigenvalue weighted by Crippen LogP contribution is -2.29. The maximum atomic E-state index is 11.9. The molecule has 10 heteroatoms. The molecule has 0 aromatic heterocycles. The highest BCUT2D eigenvalue weighted by Crippen LogP contribution is 2.43. The highest BCUT2D eigenvalue weighted by molar-refractivity contribution is 7.47. The number of esters is 2. The Hall–Kier alpha value is -0.990. The van der Waals surface area contributed by atoms with Crippen molar-refractivity contribution in [3.63, 3.8) is 0 Å². The molecule has 0 aromatic rings. The summed E-state index contributed by atoms with van der Waals surface area (Å²) in [6.07, 6.45) is 4.51. The van der Waals surface area contributed by atoms with E-state index < -0.39 is 39.1 Å². The average molecular weight is 412 g/mol. The summed E-state index contributed by atoms with van der Waals surface area (Å²) >= 11 is 0. The number of phosphoric acid groups is 1. The highest BCUT2D eigenvalue weighted by atomic mass is 31.2. The molecule has 160 valence electrons. The van der Waals surface area contributed by atoms with Crippen molar-refractivity contribution in [2.75, 3.05) is 26.4 Å². The quantitative estimate of drug-likeness (QED) is 0.210. The van der Waals surface area contributed by atoms with E-state index in [9.17, 15) is 19.0 Å². The van der Waals surface area contributed by atoms with Crippen molar-refractivity contribution >= 4 is 19.8 Å². The molecule has 0 saturated heterocycles. The van der Waals surface area contributed by atoms with Gasteiger partial charge in [-0.05, 0) is 12.8 Å². The van der Waals surface area contributed by atoms with Crippen molar-refractivity contribution in [3.05, 3.63) is 0 Å². The van der Waals surface area contributed by atoms with E-state index >= 15 is 0 Å². The zero-order chi connectivity index (χ0) is 20.5. The topological polar surface area (TPSA) is 129 Å². The smallest absolute Gasteiger partial charge is 0.462 e. The first-order valence-electron chi connectivity index (χ1n) is 9.42. The van der Waals surface area contributed by atoms with Crippen LogP contribution in [0.4, 0.5) is 0 Å². The Bertz CT molecular complexity index is 456. The summed E-state index contributed by atoms with van der Waals surface area (Å²) in [7, 11) is -4.39. The van der Waals surface area contributed by atoms with Gasteiger partial charge < -0.3 is 19.5 Å². The van der Waals surface area contributed by atoms with Gasteiger partial charge in [-0.1, -0.05) is 39.5 Å². The SMILES string of the molecule is CCCCCC(=O)OC[C@H](COP(=O)(O)OCCO)OC(=O)CCCCC. The fraction of sp³-hybridized carbons (Fsp3) is 0.882. The summed E-state index contributed by atoms with van der Waals surface area (Å²) in [6, 6.07) is 0. The van der Waals surface area contributed by atoms with Crippen LogP contribution in [-0.2, 0) is 32.7 Å². The second kappa shape index (κ2) is 16.0. The molecule has 0 aromatic carbocycles. The average Bonchev–Trinajstić information content (AvgIpc) is 2.63. The number of unbranched alkanes of at least 4 members (excludes halogenated alkanes) is 4. The van der Waals surface area contributed by atoms with Gasteiger partial charge in [-0.15, -0.1) is 0 Å². The molecule has 0 spiro atoms. The van der Waals surface area contributed by atoms with Crippen LogP contribution in [0.2, 0.25) is 0 Å². The highest BCUT2D eigenvalue weighted by Gasteiger charge is 2.25. The minimum atomic E-state index is -4.39. The zero-order valence-corrected chi connectivity index (χ0v) is 17.2. The lowest BCUT2D eigenvalue weighted by molar-refractivity contribution is -0.161. The van der Waals surface area contributed by atoms with E-state index in [0.29, 0.717) is 12.8 Å². The van der Waals surface area contributed by atoms with Gasteiger partial charge in [0.25, 0.3) is 0 Å². The summed E-state index contributed by atoms with van der Waals surface area (Å²) in [5.74, 6) is -0.928. The number of carbonyl (C=O) groups excluding carboxylic acids is 2. The first-order chi connectivity index (χ1) is 12.8. The number of rotatable bonds is 17. The van der Waals surface area contributed by atoms with E-state index in [2.05, 4.69) is 4.52 Å². The molecule has 9 nitrogen and oxygen atoms in total. The molecule has 0 fully saturated rings. The van der Waals surface area contributed by atoms with Gasteiger partial charge in [0.2, 0.25) is 0 Å². The van der Waals surface area contributed by atoms with E-state index in [1.165, 1.54) is 0 Å². The predicted molar refractivity (Wildman–Crippen MR) is 97.9 cm³/mol. The Labute approximate surface area is 160 Å². The summed E-state index contributed by atoms with van der Waals surface area (Å²) in [6.45, 7) is 2.46. The number of aliphatic hydroxyl groups excluding tert-OH is 1. The number of aliphatic hydroxyl groups is 1. The Morgan fingerprint density at radius 1 is 0.926 bits per heavy atom. The van der Waals surface area contributed by atoms with Crippen LogP contribution in [0, 0.1) is 0 Å². The molecule has 0 saturated carbocycles. The van der Waals surface area contributed by atoms with Crippen LogP contribution in [0.25, 0.3) is 0 Å². The van der Waals surface area contributed by atoms with Crippen molar-refractivity contribution in [1.29, 1.82) is 0 Å².